The number of piperidine rings is 1. The van der Waals surface area contributed by atoms with Gasteiger partial charge in [-0.15, -0.1) is 10.2 Å². The van der Waals surface area contributed by atoms with Crippen LogP contribution in [0.25, 0.3) is 0 Å². The van der Waals surface area contributed by atoms with Gasteiger partial charge in [0.2, 0.25) is 11.0 Å². The van der Waals surface area contributed by atoms with Gasteiger partial charge >= 0.3 is 0 Å². The highest BCUT2D eigenvalue weighted by Gasteiger charge is 2.32. The van der Waals surface area contributed by atoms with Gasteiger partial charge in [0.25, 0.3) is 0 Å². The van der Waals surface area contributed by atoms with E-state index in [1.54, 1.807) is 7.11 Å². The van der Waals surface area contributed by atoms with Crippen LogP contribution >= 0.6 is 23.1 Å². The van der Waals surface area contributed by atoms with Crippen LogP contribution in [0.15, 0.2) is 28.6 Å². The number of ether oxygens (including phenoxy) is 1. The molecule has 1 aliphatic heterocycles. The number of nitrogens with zero attached hydrogens (tertiary/aromatic N) is 3. The van der Waals surface area contributed by atoms with E-state index in [1.165, 1.54) is 55.2 Å². The topological polar surface area (TPSA) is 67.3 Å². The Morgan fingerprint density at radius 3 is 2.79 bits per heavy atom. The van der Waals surface area contributed by atoms with Crippen molar-refractivity contribution >= 4 is 39.8 Å². The number of likely N-dealkylation sites (tertiary alicyclic amines) is 1. The number of rotatable bonds is 6. The first-order valence-corrected chi connectivity index (χ1v) is 11.7. The number of carbonyl (C=O) groups excluding carboxylic acids is 1. The van der Waals surface area contributed by atoms with E-state index < -0.39 is 0 Å². The van der Waals surface area contributed by atoms with Crippen molar-refractivity contribution in [1.82, 2.24) is 15.1 Å². The molecule has 0 bridgehead atoms. The predicted molar refractivity (Wildman–Crippen MR) is 114 cm³/mol. The lowest BCUT2D eigenvalue weighted by molar-refractivity contribution is -0.131. The van der Waals surface area contributed by atoms with Crippen LogP contribution in [0.5, 0.6) is 5.75 Å². The molecule has 2 aromatic rings. The van der Waals surface area contributed by atoms with Crippen molar-refractivity contribution in [1.29, 1.82) is 0 Å². The summed E-state index contributed by atoms with van der Waals surface area (Å²) in [6, 6.07) is 7.66. The molecule has 1 N–H and O–H groups in total. The highest BCUT2D eigenvalue weighted by atomic mass is 32.2. The Morgan fingerprint density at radius 1 is 1.21 bits per heavy atom. The molecule has 0 unspecified atom stereocenters. The maximum Gasteiger partial charge on any atom is 0.233 e. The van der Waals surface area contributed by atoms with Crippen LogP contribution in [0.3, 0.4) is 0 Å². The number of thioether (sulfide) groups is 1. The van der Waals surface area contributed by atoms with E-state index in [1.807, 2.05) is 24.3 Å². The smallest absolute Gasteiger partial charge is 0.233 e. The molecule has 0 radical (unpaired) electrons. The molecular formula is C20H26N4O2S2. The van der Waals surface area contributed by atoms with Crippen LogP contribution in [0.2, 0.25) is 0 Å². The van der Waals surface area contributed by atoms with Gasteiger partial charge in [-0.25, -0.2) is 0 Å². The minimum Gasteiger partial charge on any atom is -0.497 e. The first-order chi connectivity index (χ1) is 13.7. The maximum atomic E-state index is 12.6. The molecule has 1 saturated carbocycles. The molecule has 2 fully saturated rings. The zero-order valence-electron chi connectivity index (χ0n) is 16.1. The second kappa shape index (κ2) is 9.13. The third kappa shape index (κ3) is 4.78. The van der Waals surface area contributed by atoms with Gasteiger partial charge in [0.1, 0.15) is 5.75 Å². The highest BCUT2D eigenvalue weighted by molar-refractivity contribution is 8.01. The first-order valence-electron chi connectivity index (χ1n) is 9.86. The molecule has 4 rings (SSSR count). The van der Waals surface area contributed by atoms with Gasteiger partial charge in [0, 0.05) is 18.8 Å². The van der Waals surface area contributed by atoms with E-state index in [4.69, 9.17) is 4.74 Å². The molecule has 2 heterocycles. The first kappa shape index (κ1) is 19.5. The van der Waals surface area contributed by atoms with Gasteiger partial charge in [-0.3, -0.25) is 4.79 Å². The molecule has 28 heavy (non-hydrogen) atoms. The lowest BCUT2D eigenvalue weighted by Crippen LogP contribution is -2.45. The fourth-order valence-electron chi connectivity index (χ4n) is 4.16. The zero-order valence-corrected chi connectivity index (χ0v) is 17.7. The van der Waals surface area contributed by atoms with Crippen LogP contribution in [0, 0.1) is 11.8 Å². The number of nitrogens with one attached hydrogen (secondary N) is 1. The number of fused-ring (bicyclic) bond motifs is 1. The monoisotopic (exact) mass is 418 g/mol. The number of amides is 1. The van der Waals surface area contributed by atoms with Gasteiger partial charge in [0.05, 0.1) is 12.9 Å². The Labute approximate surface area is 174 Å². The summed E-state index contributed by atoms with van der Waals surface area (Å²) >= 11 is 2.95. The summed E-state index contributed by atoms with van der Waals surface area (Å²) in [7, 11) is 1.65. The zero-order chi connectivity index (χ0) is 19.3. The minimum absolute atomic E-state index is 0.230. The van der Waals surface area contributed by atoms with Crippen LogP contribution in [-0.4, -0.2) is 47.0 Å². The number of benzene rings is 1. The quantitative estimate of drug-likeness (QED) is 0.701. The average molecular weight is 419 g/mol. The Kier molecular flexibility index (Phi) is 6.36. The van der Waals surface area contributed by atoms with Crippen LogP contribution in [0.4, 0.5) is 10.8 Å². The molecule has 1 aliphatic carbocycles. The van der Waals surface area contributed by atoms with E-state index in [0.29, 0.717) is 5.75 Å². The number of carbonyl (C=O) groups is 1. The number of hydrogen-bond acceptors (Lipinski definition) is 7. The Bertz CT molecular complexity index is 796. The summed E-state index contributed by atoms with van der Waals surface area (Å²) in [6.07, 6.45) is 6.52. The molecule has 2 atom stereocenters. The maximum absolute atomic E-state index is 12.6. The van der Waals surface area contributed by atoms with Gasteiger partial charge < -0.3 is 15.0 Å². The minimum atomic E-state index is 0.230. The van der Waals surface area contributed by atoms with Crippen molar-refractivity contribution in [2.75, 3.05) is 31.3 Å². The summed E-state index contributed by atoms with van der Waals surface area (Å²) in [5.74, 6) is 3.05. The van der Waals surface area contributed by atoms with Crippen molar-refractivity contribution in [2.45, 2.75) is 36.4 Å². The number of aromatic nitrogens is 2. The Morgan fingerprint density at radius 2 is 2.00 bits per heavy atom. The van der Waals surface area contributed by atoms with Gasteiger partial charge in [-0.1, -0.05) is 42.4 Å². The second-order valence-corrected chi connectivity index (χ2v) is 9.65. The second-order valence-electron chi connectivity index (χ2n) is 7.45. The largest absolute Gasteiger partial charge is 0.497 e. The van der Waals surface area contributed by atoms with Crippen molar-refractivity contribution in [3.8, 4) is 5.75 Å². The third-order valence-corrected chi connectivity index (χ3v) is 7.67. The molecule has 1 aromatic heterocycles. The van der Waals surface area contributed by atoms with E-state index in [2.05, 4.69) is 20.4 Å². The normalized spacial score (nSPS) is 21.8. The number of anilines is 2. The predicted octanol–water partition coefficient (Wildman–Crippen LogP) is 4.42. The van der Waals surface area contributed by atoms with Crippen molar-refractivity contribution < 1.29 is 9.53 Å². The molecule has 1 saturated heterocycles. The van der Waals surface area contributed by atoms with Crippen LogP contribution < -0.4 is 10.1 Å². The number of methoxy groups -OCH3 is 1. The summed E-state index contributed by atoms with van der Waals surface area (Å²) < 4.78 is 5.98. The van der Waals surface area contributed by atoms with Crippen LogP contribution in [0.1, 0.15) is 32.1 Å². The summed E-state index contributed by atoms with van der Waals surface area (Å²) in [5.41, 5.74) is 0.930. The highest BCUT2D eigenvalue weighted by Crippen LogP contribution is 2.36. The SMILES string of the molecule is COc1ccc(Nc2nnc(SCC(=O)N3CC[C@H]4CCCC[C@H]4C3)s2)cc1. The lowest BCUT2D eigenvalue weighted by Gasteiger charge is -2.41. The van der Waals surface area contributed by atoms with Crippen molar-refractivity contribution in [3.63, 3.8) is 0 Å². The molecule has 2 aliphatic rings. The summed E-state index contributed by atoms with van der Waals surface area (Å²) in [4.78, 5) is 14.7. The van der Waals surface area contributed by atoms with Gasteiger partial charge in [-0.05, 0) is 48.9 Å². The standard InChI is InChI=1S/C20H26N4O2S2/c1-26-17-8-6-16(7-9-17)21-19-22-23-20(28-19)27-13-18(25)24-11-10-14-4-2-3-5-15(14)12-24/h6-9,14-15H,2-5,10-13H2,1H3,(H,21,22)/t14-,15+/m1/s1. The fraction of sp³-hybridized carbons (Fsp3) is 0.550. The van der Waals surface area contributed by atoms with E-state index in [9.17, 15) is 4.79 Å². The molecule has 150 valence electrons. The fourth-order valence-corrected chi connectivity index (χ4v) is 5.83. The molecule has 0 spiro atoms. The van der Waals surface area contributed by atoms with Crippen molar-refractivity contribution in [2.24, 2.45) is 11.8 Å². The van der Waals surface area contributed by atoms with E-state index in [0.717, 1.165) is 45.8 Å². The average Bonchev–Trinajstić information content (AvgIpc) is 3.19. The lowest BCUT2D eigenvalue weighted by atomic mass is 9.75. The Hall–Kier alpha value is -1.80. The van der Waals surface area contributed by atoms with Gasteiger partial charge in [0.15, 0.2) is 4.34 Å². The van der Waals surface area contributed by atoms with Gasteiger partial charge in [-0.2, -0.15) is 0 Å². The molecular weight excluding hydrogens is 392 g/mol. The summed E-state index contributed by atoms with van der Waals surface area (Å²) in [6.45, 7) is 1.87. The third-order valence-electron chi connectivity index (χ3n) is 5.71. The molecule has 8 heteroatoms. The molecule has 6 nitrogen and oxygen atoms in total. The van der Waals surface area contributed by atoms with E-state index >= 15 is 0 Å². The molecule has 1 aromatic carbocycles. The molecule has 1 amide bonds. The van der Waals surface area contributed by atoms with Crippen molar-refractivity contribution in [3.05, 3.63) is 24.3 Å². The van der Waals surface area contributed by atoms with E-state index in [-0.39, 0.29) is 5.91 Å². The van der Waals surface area contributed by atoms with Crippen LogP contribution in [-0.2, 0) is 4.79 Å². The summed E-state index contributed by atoms with van der Waals surface area (Å²) in [5, 5.41) is 12.3. The Balaban J connectivity index is 1.26. The number of hydrogen-bond donors (Lipinski definition) is 1.